The van der Waals surface area contributed by atoms with Gasteiger partial charge in [0.25, 0.3) is 0 Å². The number of hydrogen-bond acceptors (Lipinski definition) is 7. The Bertz CT molecular complexity index is 770. The van der Waals surface area contributed by atoms with Crippen LogP contribution in [0.15, 0.2) is 48.5 Å². The number of benzene rings is 2. The van der Waals surface area contributed by atoms with E-state index in [4.69, 9.17) is 9.47 Å². The third-order valence-electron chi connectivity index (χ3n) is 3.25. The smallest absolute Gasteiger partial charge is 0.342 e. The zero-order valence-electron chi connectivity index (χ0n) is 13.1. The average molecular weight is 344 g/mol. The Hall–Kier alpha value is -3.19. The zero-order chi connectivity index (χ0) is 18.2. The van der Waals surface area contributed by atoms with Crippen LogP contribution in [0, 0.1) is 0 Å². The van der Waals surface area contributed by atoms with Crippen molar-refractivity contribution in [2.45, 2.75) is 6.10 Å². The lowest BCUT2D eigenvalue weighted by Gasteiger charge is -2.13. The second-order valence-electron chi connectivity index (χ2n) is 5.07. The second kappa shape index (κ2) is 8.60. The van der Waals surface area contributed by atoms with Gasteiger partial charge in [0.05, 0.1) is 5.56 Å². The number of rotatable bonds is 7. The topological polar surface area (TPSA) is 110 Å². The van der Waals surface area contributed by atoms with E-state index in [9.17, 15) is 24.6 Å². The first kappa shape index (κ1) is 18.2. The lowest BCUT2D eigenvalue weighted by atomic mass is 10.1. The molecule has 0 spiro atoms. The minimum atomic E-state index is -1.25. The van der Waals surface area contributed by atoms with E-state index in [-0.39, 0.29) is 22.4 Å². The van der Waals surface area contributed by atoms with Crippen LogP contribution in [0.1, 0.15) is 31.1 Å². The van der Waals surface area contributed by atoms with Gasteiger partial charge in [0, 0.05) is 5.56 Å². The van der Waals surface area contributed by atoms with Crippen molar-refractivity contribution in [1.82, 2.24) is 0 Å². The summed E-state index contributed by atoms with van der Waals surface area (Å²) in [6, 6.07) is 11.9. The fourth-order valence-corrected chi connectivity index (χ4v) is 1.98. The number of para-hydroxylation sites is 1. The highest BCUT2D eigenvalue weighted by atomic mass is 16.6. The van der Waals surface area contributed by atoms with Crippen molar-refractivity contribution >= 4 is 18.2 Å². The van der Waals surface area contributed by atoms with E-state index in [0.29, 0.717) is 6.29 Å². The van der Waals surface area contributed by atoms with Crippen LogP contribution in [0.3, 0.4) is 0 Å². The predicted molar refractivity (Wildman–Crippen MR) is 86.5 cm³/mol. The quantitative estimate of drug-likeness (QED) is 0.579. The number of carbonyl (C=O) groups excluding carboxylic acids is 3. The van der Waals surface area contributed by atoms with Crippen molar-refractivity contribution in [3.63, 3.8) is 0 Å². The van der Waals surface area contributed by atoms with Crippen molar-refractivity contribution in [2.75, 3.05) is 13.2 Å². The summed E-state index contributed by atoms with van der Waals surface area (Å²) in [7, 11) is 0. The highest BCUT2D eigenvalue weighted by Crippen LogP contribution is 2.16. The van der Waals surface area contributed by atoms with Gasteiger partial charge in [-0.2, -0.15) is 0 Å². The summed E-state index contributed by atoms with van der Waals surface area (Å²) >= 11 is 0. The van der Waals surface area contributed by atoms with Gasteiger partial charge >= 0.3 is 11.9 Å². The molecule has 0 aliphatic carbocycles. The molecule has 130 valence electrons. The summed E-state index contributed by atoms with van der Waals surface area (Å²) in [6.45, 7) is -0.837. The van der Waals surface area contributed by atoms with E-state index < -0.39 is 31.3 Å². The third-order valence-corrected chi connectivity index (χ3v) is 3.25. The SMILES string of the molecule is O=Cc1ccccc1C(=O)OCC(O)COC(=O)c1ccccc1O. The van der Waals surface area contributed by atoms with Crippen LogP contribution < -0.4 is 0 Å². The van der Waals surface area contributed by atoms with E-state index in [2.05, 4.69) is 0 Å². The molecule has 0 saturated heterocycles. The Morgan fingerprint density at radius 3 is 2.04 bits per heavy atom. The Morgan fingerprint density at radius 1 is 0.920 bits per heavy atom. The summed E-state index contributed by atoms with van der Waals surface area (Å²) in [6.07, 6.45) is -0.719. The van der Waals surface area contributed by atoms with E-state index in [1.807, 2.05) is 0 Å². The van der Waals surface area contributed by atoms with Crippen LogP contribution in [0.4, 0.5) is 0 Å². The molecule has 2 aromatic carbocycles. The van der Waals surface area contributed by atoms with Gasteiger partial charge in [-0.15, -0.1) is 0 Å². The van der Waals surface area contributed by atoms with E-state index in [1.165, 1.54) is 24.3 Å². The number of aromatic hydroxyl groups is 1. The first-order chi connectivity index (χ1) is 12.0. The van der Waals surface area contributed by atoms with Crippen molar-refractivity contribution in [2.24, 2.45) is 0 Å². The number of hydrogen-bond donors (Lipinski definition) is 2. The van der Waals surface area contributed by atoms with Gasteiger partial charge < -0.3 is 19.7 Å². The number of phenolic OH excluding ortho intramolecular Hbond substituents is 1. The average Bonchev–Trinajstić information content (AvgIpc) is 2.64. The number of ether oxygens (including phenoxy) is 2. The van der Waals surface area contributed by atoms with Gasteiger partial charge in [-0.1, -0.05) is 30.3 Å². The van der Waals surface area contributed by atoms with Crippen molar-refractivity contribution in [3.8, 4) is 5.75 Å². The molecule has 0 fully saturated rings. The van der Waals surface area contributed by atoms with Crippen LogP contribution >= 0.6 is 0 Å². The monoisotopic (exact) mass is 344 g/mol. The summed E-state index contributed by atoms with van der Waals surface area (Å²) in [5.74, 6) is -1.82. The molecule has 0 aliphatic rings. The van der Waals surface area contributed by atoms with Gasteiger partial charge in [-0.25, -0.2) is 9.59 Å². The lowest BCUT2D eigenvalue weighted by molar-refractivity contribution is -0.00484. The van der Waals surface area contributed by atoms with Crippen molar-refractivity contribution in [1.29, 1.82) is 0 Å². The van der Waals surface area contributed by atoms with Crippen LogP contribution in [0.25, 0.3) is 0 Å². The lowest BCUT2D eigenvalue weighted by Crippen LogP contribution is -2.25. The Labute approximate surface area is 143 Å². The Kier molecular flexibility index (Phi) is 6.25. The molecule has 25 heavy (non-hydrogen) atoms. The minimum absolute atomic E-state index is 0.0356. The number of aldehydes is 1. The molecule has 2 N–H and O–H groups in total. The van der Waals surface area contributed by atoms with Gasteiger partial charge in [0.2, 0.25) is 0 Å². The van der Waals surface area contributed by atoms with Crippen molar-refractivity contribution < 1.29 is 34.1 Å². The first-order valence-electron chi connectivity index (χ1n) is 7.37. The summed E-state index contributed by atoms with van der Waals surface area (Å²) in [4.78, 5) is 34.5. The Balaban J connectivity index is 1.83. The minimum Gasteiger partial charge on any atom is -0.507 e. The van der Waals surface area contributed by atoms with Gasteiger partial charge in [-0.3, -0.25) is 4.79 Å². The molecule has 0 radical (unpaired) electrons. The standard InChI is InChI=1S/C18H16O7/c19-9-12-5-1-2-6-14(12)17(22)24-10-13(20)11-25-18(23)15-7-3-4-8-16(15)21/h1-9,13,20-21H,10-11H2. The largest absolute Gasteiger partial charge is 0.507 e. The maximum Gasteiger partial charge on any atom is 0.342 e. The molecular weight excluding hydrogens is 328 g/mol. The molecule has 1 unspecified atom stereocenters. The van der Waals surface area contributed by atoms with E-state index in [1.54, 1.807) is 24.3 Å². The number of aliphatic hydroxyl groups excluding tert-OH is 1. The highest BCUT2D eigenvalue weighted by molar-refractivity contribution is 5.98. The van der Waals surface area contributed by atoms with E-state index >= 15 is 0 Å². The number of esters is 2. The fourth-order valence-electron chi connectivity index (χ4n) is 1.98. The molecule has 0 amide bonds. The maximum atomic E-state index is 11.9. The van der Waals surface area contributed by atoms with Gasteiger partial charge in [0.1, 0.15) is 30.6 Å². The van der Waals surface area contributed by atoms with Crippen LogP contribution in [0.2, 0.25) is 0 Å². The normalized spacial score (nSPS) is 11.4. The maximum absolute atomic E-state index is 11.9. The zero-order valence-corrected chi connectivity index (χ0v) is 13.1. The second-order valence-corrected chi connectivity index (χ2v) is 5.07. The predicted octanol–water partition coefficient (Wildman–Crippen LogP) is 1.58. The van der Waals surface area contributed by atoms with E-state index in [0.717, 1.165) is 0 Å². The molecule has 7 nitrogen and oxygen atoms in total. The molecule has 0 saturated carbocycles. The van der Waals surface area contributed by atoms with Crippen LogP contribution in [-0.2, 0) is 9.47 Å². The van der Waals surface area contributed by atoms with Crippen molar-refractivity contribution in [3.05, 3.63) is 65.2 Å². The third kappa shape index (κ3) is 4.89. The molecule has 2 rings (SSSR count). The molecule has 1 atom stereocenters. The molecule has 7 heteroatoms. The molecule has 0 aliphatic heterocycles. The number of aliphatic hydroxyl groups is 1. The molecule has 0 heterocycles. The van der Waals surface area contributed by atoms with Crippen LogP contribution in [0.5, 0.6) is 5.75 Å². The molecular formula is C18H16O7. The number of carbonyl (C=O) groups is 3. The Morgan fingerprint density at radius 2 is 1.44 bits per heavy atom. The highest BCUT2D eigenvalue weighted by Gasteiger charge is 2.17. The summed E-state index contributed by atoms with van der Waals surface area (Å²) in [5, 5.41) is 19.3. The number of phenols is 1. The van der Waals surface area contributed by atoms with Gasteiger partial charge in [0.15, 0.2) is 6.29 Å². The molecule has 2 aromatic rings. The first-order valence-corrected chi connectivity index (χ1v) is 7.37. The summed E-state index contributed by atoms with van der Waals surface area (Å²) in [5.41, 5.74) is 0.218. The molecule has 0 bridgehead atoms. The van der Waals surface area contributed by atoms with Gasteiger partial charge in [-0.05, 0) is 18.2 Å². The van der Waals surface area contributed by atoms with Crippen LogP contribution in [-0.4, -0.2) is 47.8 Å². The summed E-state index contributed by atoms with van der Waals surface area (Å²) < 4.78 is 9.76. The molecule has 0 aromatic heterocycles. The fraction of sp³-hybridized carbons (Fsp3) is 0.167.